The van der Waals surface area contributed by atoms with Gasteiger partial charge in [0.05, 0.1) is 13.7 Å². The predicted octanol–water partition coefficient (Wildman–Crippen LogP) is -0.446. The van der Waals surface area contributed by atoms with Crippen molar-refractivity contribution in [3.8, 4) is 0 Å². The summed E-state index contributed by atoms with van der Waals surface area (Å²) >= 11 is 1.27. The summed E-state index contributed by atoms with van der Waals surface area (Å²) in [7, 11) is 1.19. The van der Waals surface area contributed by atoms with Gasteiger partial charge in [-0.15, -0.1) is 11.3 Å². The normalized spacial score (nSPS) is 9.39. The van der Waals surface area contributed by atoms with E-state index in [9.17, 15) is 14.4 Å². The van der Waals surface area contributed by atoms with Crippen molar-refractivity contribution in [3.05, 3.63) is 11.6 Å². The first-order valence-corrected chi connectivity index (χ1v) is 5.77. The van der Waals surface area contributed by atoms with Crippen LogP contribution >= 0.6 is 11.3 Å². The van der Waals surface area contributed by atoms with Crippen LogP contribution in [0.5, 0.6) is 0 Å². The number of alkyl carbamates (subject to hydrolysis) is 1. The molecule has 0 fully saturated rings. The van der Waals surface area contributed by atoms with Crippen LogP contribution in [0.25, 0.3) is 0 Å². The molecule has 1 rings (SSSR count). The zero-order chi connectivity index (χ0) is 13.4. The lowest BCUT2D eigenvalue weighted by molar-refractivity contribution is -0.123. The molecule has 3 N–H and O–H groups in total. The zero-order valence-corrected chi connectivity index (χ0v) is 10.4. The van der Waals surface area contributed by atoms with Crippen molar-refractivity contribution >= 4 is 34.4 Å². The van der Waals surface area contributed by atoms with Crippen molar-refractivity contribution in [1.82, 2.24) is 15.6 Å². The van der Waals surface area contributed by atoms with Crippen LogP contribution in [0.15, 0.2) is 11.6 Å². The molecular weight excluding hydrogens is 260 g/mol. The number of anilines is 1. The molecule has 0 aliphatic carbocycles. The molecule has 0 bridgehead atoms. The Morgan fingerprint density at radius 2 is 2.00 bits per heavy atom. The molecule has 0 aromatic carbocycles. The molecule has 0 aliphatic heterocycles. The summed E-state index contributed by atoms with van der Waals surface area (Å²) in [5.74, 6) is -0.883. The van der Waals surface area contributed by atoms with E-state index in [1.807, 2.05) is 0 Å². The average Bonchev–Trinajstić information content (AvgIpc) is 2.86. The summed E-state index contributed by atoms with van der Waals surface area (Å²) in [5, 5.41) is 9.19. The molecule has 0 spiro atoms. The fourth-order valence-electron chi connectivity index (χ4n) is 0.915. The lowest BCUT2D eigenvalue weighted by Gasteiger charge is -2.05. The van der Waals surface area contributed by atoms with Gasteiger partial charge >= 0.3 is 6.09 Å². The van der Waals surface area contributed by atoms with Crippen LogP contribution in [0.1, 0.15) is 0 Å². The molecule has 0 saturated carbocycles. The molecule has 18 heavy (non-hydrogen) atoms. The Labute approximate surface area is 107 Å². The van der Waals surface area contributed by atoms with Gasteiger partial charge in [0.1, 0.15) is 6.54 Å². The summed E-state index contributed by atoms with van der Waals surface area (Å²) in [4.78, 5) is 37.1. The first-order valence-electron chi connectivity index (χ1n) is 4.89. The second kappa shape index (κ2) is 7.22. The Morgan fingerprint density at radius 1 is 1.28 bits per heavy atom. The summed E-state index contributed by atoms with van der Waals surface area (Å²) in [5.41, 5.74) is 0. The van der Waals surface area contributed by atoms with Crippen LogP contribution in [0.2, 0.25) is 0 Å². The number of thiazole rings is 1. The summed E-state index contributed by atoms with van der Waals surface area (Å²) in [6, 6.07) is 0. The molecule has 3 amide bonds. The lowest BCUT2D eigenvalue weighted by atomic mass is 10.5. The average molecular weight is 272 g/mol. The number of amides is 3. The molecule has 1 aromatic heterocycles. The van der Waals surface area contributed by atoms with Crippen molar-refractivity contribution in [2.24, 2.45) is 0 Å². The third-order valence-electron chi connectivity index (χ3n) is 1.70. The van der Waals surface area contributed by atoms with E-state index in [4.69, 9.17) is 0 Å². The third kappa shape index (κ3) is 5.25. The SMILES string of the molecule is COC(=O)NCC(=O)NCC(=O)Nc1nccs1. The van der Waals surface area contributed by atoms with Crippen molar-refractivity contribution in [1.29, 1.82) is 0 Å². The molecule has 9 heteroatoms. The number of hydrogen-bond acceptors (Lipinski definition) is 6. The van der Waals surface area contributed by atoms with Crippen LogP contribution in [0, 0.1) is 0 Å². The first-order chi connectivity index (χ1) is 8.61. The molecular formula is C9H12N4O4S. The second-order valence-electron chi connectivity index (χ2n) is 3.01. The first kappa shape index (κ1) is 13.9. The predicted molar refractivity (Wildman–Crippen MR) is 64.2 cm³/mol. The Bertz CT molecular complexity index is 420. The highest BCUT2D eigenvalue weighted by Crippen LogP contribution is 2.09. The molecule has 0 radical (unpaired) electrons. The van der Waals surface area contributed by atoms with Gasteiger partial charge < -0.3 is 20.7 Å². The number of methoxy groups -OCH3 is 1. The molecule has 1 aromatic rings. The molecule has 0 aliphatic rings. The second-order valence-corrected chi connectivity index (χ2v) is 3.90. The number of carbonyl (C=O) groups excluding carboxylic acids is 3. The van der Waals surface area contributed by atoms with Crippen LogP contribution in [-0.2, 0) is 14.3 Å². The molecule has 0 unspecified atom stereocenters. The van der Waals surface area contributed by atoms with Crippen molar-refractivity contribution in [2.75, 3.05) is 25.5 Å². The quantitative estimate of drug-likeness (QED) is 0.673. The number of aromatic nitrogens is 1. The van der Waals surface area contributed by atoms with E-state index in [0.717, 1.165) is 0 Å². The van der Waals surface area contributed by atoms with E-state index < -0.39 is 17.9 Å². The number of ether oxygens (including phenoxy) is 1. The Morgan fingerprint density at radius 3 is 2.61 bits per heavy atom. The highest BCUT2D eigenvalue weighted by Gasteiger charge is 2.08. The minimum atomic E-state index is -0.711. The topological polar surface area (TPSA) is 109 Å². The Hall–Kier alpha value is -2.16. The van der Waals surface area contributed by atoms with Gasteiger partial charge in [-0.3, -0.25) is 9.59 Å². The molecule has 8 nitrogen and oxygen atoms in total. The van der Waals surface area contributed by atoms with Gasteiger partial charge in [0.15, 0.2) is 5.13 Å². The van der Waals surface area contributed by atoms with Gasteiger partial charge in [0.25, 0.3) is 0 Å². The maximum absolute atomic E-state index is 11.3. The lowest BCUT2D eigenvalue weighted by Crippen LogP contribution is -2.40. The Kier molecular flexibility index (Phi) is 5.58. The van der Waals surface area contributed by atoms with Gasteiger partial charge in [-0.2, -0.15) is 0 Å². The van der Waals surface area contributed by atoms with E-state index in [1.54, 1.807) is 11.6 Å². The minimum absolute atomic E-state index is 0.193. The summed E-state index contributed by atoms with van der Waals surface area (Å²) in [6.07, 6.45) is 0.844. The zero-order valence-electron chi connectivity index (χ0n) is 9.56. The fraction of sp³-hybridized carbons (Fsp3) is 0.333. The number of carbonyl (C=O) groups is 3. The third-order valence-corrected chi connectivity index (χ3v) is 2.39. The van der Waals surface area contributed by atoms with Gasteiger partial charge in [-0.05, 0) is 0 Å². The number of nitrogens with one attached hydrogen (secondary N) is 3. The van der Waals surface area contributed by atoms with E-state index in [-0.39, 0.29) is 13.1 Å². The van der Waals surface area contributed by atoms with Crippen molar-refractivity contribution in [2.45, 2.75) is 0 Å². The number of nitrogens with zero attached hydrogens (tertiary/aromatic N) is 1. The molecule has 0 saturated heterocycles. The van der Waals surface area contributed by atoms with Gasteiger partial charge in [0, 0.05) is 11.6 Å². The maximum atomic E-state index is 11.3. The molecule has 0 atom stereocenters. The Balaban J connectivity index is 2.18. The van der Waals surface area contributed by atoms with Crippen LogP contribution in [0.3, 0.4) is 0 Å². The van der Waals surface area contributed by atoms with E-state index in [0.29, 0.717) is 5.13 Å². The van der Waals surface area contributed by atoms with E-state index in [2.05, 4.69) is 25.7 Å². The summed E-state index contributed by atoms with van der Waals surface area (Å²) < 4.78 is 4.28. The van der Waals surface area contributed by atoms with Gasteiger partial charge in [-0.25, -0.2) is 9.78 Å². The van der Waals surface area contributed by atoms with E-state index >= 15 is 0 Å². The van der Waals surface area contributed by atoms with Crippen LogP contribution in [0.4, 0.5) is 9.93 Å². The largest absolute Gasteiger partial charge is 0.453 e. The number of rotatable bonds is 5. The fourth-order valence-corrected chi connectivity index (χ4v) is 1.46. The van der Waals surface area contributed by atoms with Crippen LogP contribution < -0.4 is 16.0 Å². The van der Waals surface area contributed by atoms with Crippen molar-refractivity contribution < 1.29 is 19.1 Å². The maximum Gasteiger partial charge on any atom is 0.407 e. The molecule has 1 heterocycles. The standard InChI is InChI=1S/C9H12N4O4S/c1-17-9(16)12-4-6(14)11-5-7(15)13-8-10-2-3-18-8/h2-3H,4-5H2,1H3,(H,11,14)(H,12,16)(H,10,13,15). The van der Waals surface area contributed by atoms with E-state index in [1.165, 1.54) is 18.4 Å². The number of hydrogen-bond donors (Lipinski definition) is 3. The van der Waals surface area contributed by atoms with Crippen molar-refractivity contribution in [3.63, 3.8) is 0 Å². The van der Waals surface area contributed by atoms with Crippen LogP contribution in [-0.4, -0.2) is 43.1 Å². The van der Waals surface area contributed by atoms with Gasteiger partial charge in [0.2, 0.25) is 11.8 Å². The minimum Gasteiger partial charge on any atom is -0.453 e. The monoisotopic (exact) mass is 272 g/mol. The smallest absolute Gasteiger partial charge is 0.407 e. The summed E-state index contributed by atoms with van der Waals surface area (Å²) in [6.45, 7) is -0.446. The highest BCUT2D eigenvalue weighted by atomic mass is 32.1. The van der Waals surface area contributed by atoms with Gasteiger partial charge in [-0.1, -0.05) is 0 Å². The molecule has 98 valence electrons. The highest BCUT2D eigenvalue weighted by molar-refractivity contribution is 7.13.